The number of aromatic nitrogens is 1. The zero-order valence-corrected chi connectivity index (χ0v) is 14.9. The van der Waals surface area contributed by atoms with E-state index in [-0.39, 0.29) is 11.3 Å². The first-order chi connectivity index (χ1) is 12.2. The molecule has 1 saturated heterocycles. The number of aryl methyl sites for hydroxylation is 1. The second-order valence-corrected chi connectivity index (χ2v) is 6.95. The Morgan fingerprint density at radius 2 is 2.08 bits per heavy atom. The number of rotatable bonds is 7. The maximum absolute atomic E-state index is 12.4. The van der Waals surface area contributed by atoms with E-state index in [0.29, 0.717) is 19.6 Å². The lowest BCUT2D eigenvalue weighted by Crippen LogP contribution is -2.47. The third kappa shape index (κ3) is 4.55. The zero-order valence-electron chi connectivity index (χ0n) is 14.9. The third-order valence-electron chi connectivity index (χ3n) is 5.14. The number of carbonyl (C=O) groups is 1. The molecule has 1 aromatic carbocycles. The molecular weight excluding hydrogens is 314 g/mol. The first-order valence-corrected chi connectivity index (χ1v) is 9.01. The van der Waals surface area contributed by atoms with Gasteiger partial charge in [-0.15, -0.1) is 0 Å². The van der Waals surface area contributed by atoms with Gasteiger partial charge in [0.2, 0.25) is 5.91 Å². The highest BCUT2D eigenvalue weighted by molar-refractivity contribution is 5.83. The summed E-state index contributed by atoms with van der Waals surface area (Å²) in [6.07, 6.45) is 5.12. The Bertz CT molecular complexity index is 700. The molecule has 1 aliphatic heterocycles. The van der Waals surface area contributed by atoms with Crippen LogP contribution in [0.3, 0.4) is 0 Å². The van der Waals surface area contributed by atoms with Gasteiger partial charge >= 0.3 is 0 Å². The molecule has 0 saturated carbocycles. The number of fused-ring (bicyclic) bond motifs is 1. The number of hydrogen-bond donors (Lipinski definition) is 2. The van der Waals surface area contributed by atoms with Crippen molar-refractivity contribution in [3.8, 4) is 0 Å². The molecular formula is C20H27N3O2. The minimum Gasteiger partial charge on any atom is -0.384 e. The van der Waals surface area contributed by atoms with Crippen molar-refractivity contribution in [1.82, 2.24) is 15.6 Å². The second kappa shape index (κ2) is 8.41. The Hall–Kier alpha value is -1.98. The lowest BCUT2D eigenvalue weighted by Gasteiger charge is -2.37. The largest absolute Gasteiger partial charge is 0.384 e. The first-order valence-electron chi connectivity index (χ1n) is 9.01. The smallest absolute Gasteiger partial charge is 0.220 e. The molecule has 2 N–H and O–H groups in total. The Balaban J connectivity index is 1.55. The molecule has 134 valence electrons. The predicted molar refractivity (Wildman–Crippen MR) is 99.5 cm³/mol. The summed E-state index contributed by atoms with van der Waals surface area (Å²) in [5.41, 5.74) is 2.22. The van der Waals surface area contributed by atoms with Crippen molar-refractivity contribution in [2.45, 2.75) is 25.7 Å². The topological polar surface area (TPSA) is 63.2 Å². The Labute approximate surface area is 149 Å². The van der Waals surface area contributed by atoms with Gasteiger partial charge in [0.1, 0.15) is 0 Å². The van der Waals surface area contributed by atoms with Gasteiger partial charge in [0.25, 0.3) is 0 Å². The van der Waals surface area contributed by atoms with Crippen LogP contribution in [-0.4, -0.2) is 44.2 Å². The highest BCUT2D eigenvalue weighted by atomic mass is 16.5. The molecule has 0 spiro atoms. The Kier molecular flexibility index (Phi) is 6.00. The molecule has 0 atom stereocenters. The summed E-state index contributed by atoms with van der Waals surface area (Å²) < 4.78 is 5.41. The van der Waals surface area contributed by atoms with Gasteiger partial charge in [-0.25, -0.2) is 0 Å². The lowest BCUT2D eigenvalue weighted by atomic mass is 9.79. The molecule has 0 bridgehead atoms. The first kappa shape index (κ1) is 17.8. The molecule has 0 unspecified atom stereocenters. The van der Waals surface area contributed by atoms with Crippen molar-refractivity contribution in [3.05, 3.63) is 42.1 Å². The van der Waals surface area contributed by atoms with Crippen LogP contribution < -0.4 is 10.6 Å². The summed E-state index contributed by atoms with van der Waals surface area (Å²) in [6, 6.07) is 10.1. The van der Waals surface area contributed by atoms with E-state index in [1.807, 2.05) is 30.5 Å². The van der Waals surface area contributed by atoms with Crippen molar-refractivity contribution in [2.75, 3.05) is 33.4 Å². The van der Waals surface area contributed by atoms with Crippen LogP contribution >= 0.6 is 0 Å². The molecule has 5 nitrogen and oxygen atoms in total. The summed E-state index contributed by atoms with van der Waals surface area (Å²) in [5, 5.41) is 7.64. The van der Waals surface area contributed by atoms with Gasteiger partial charge in [-0.3, -0.25) is 9.78 Å². The molecule has 1 aliphatic rings. The minimum atomic E-state index is 0.0685. The van der Waals surface area contributed by atoms with E-state index in [2.05, 4.69) is 21.7 Å². The third-order valence-corrected chi connectivity index (χ3v) is 5.14. The summed E-state index contributed by atoms with van der Waals surface area (Å²) in [6.45, 7) is 3.37. The van der Waals surface area contributed by atoms with Gasteiger partial charge in [0.15, 0.2) is 0 Å². The number of amides is 1. The molecule has 0 radical (unpaired) electrons. The average molecular weight is 341 g/mol. The second-order valence-electron chi connectivity index (χ2n) is 6.95. The quantitative estimate of drug-likeness (QED) is 0.811. The fourth-order valence-electron chi connectivity index (χ4n) is 3.63. The number of ether oxygens (including phenoxy) is 1. The van der Waals surface area contributed by atoms with E-state index in [9.17, 15) is 4.79 Å². The Morgan fingerprint density at radius 1 is 1.28 bits per heavy atom. The van der Waals surface area contributed by atoms with E-state index >= 15 is 0 Å². The molecule has 3 rings (SSSR count). The van der Waals surface area contributed by atoms with Crippen LogP contribution in [0.15, 0.2) is 36.5 Å². The maximum atomic E-state index is 12.4. The van der Waals surface area contributed by atoms with Gasteiger partial charge in [0, 0.05) is 37.1 Å². The summed E-state index contributed by atoms with van der Waals surface area (Å²) in [5.74, 6) is 0.106. The normalized spacial score (nSPS) is 16.7. The van der Waals surface area contributed by atoms with Gasteiger partial charge in [0.05, 0.1) is 12.1 Å². The van der Waals surface area contributed by atoms with E-state index in [4.69, 9.17) is 4.74 Å². The van der Waals surface area contributed by atoms with E-state index in [1.165, 1.54) is 5.56 Å². The van der Waals surface area contributed by atoms with Crippen molar-refractivity contribution >= 4 is 16.8 Å². The van der Waals surface area contributed by atoms with Crippen LogP contribution in [0.5, 0.6) is 0 Å². The van der Waals surface area contributed by atoms with E-state index in [1.54, 1.807) is 7.11 Å². The maximum Gasteiger partial charge on any atom is 0.220 e. The minimum absolute atomic E-state index is 0.0685. The SMILES string of the molecule is COCC1(CNC(=O)CCc2ccnc3ccccc23)CCNCC1. The van der Waals surface area contributed by atoms with Crippen molar-refractivity contribution in [2.24, 2.45) is 5.41 Å². The van der Waals surface area contributed by atoms with E-state index in [0.717, 1.165) is 43.3 Å². The van der Waals surface area contributed by atoms with E-state index < -0.39 is 0 Å². The molecule has 25 heavy (non-hydrogen) atoms. The monoisotopic (exact) mass is 341 g/mol. The number of methoxy groups -OCH3 is 1. The molecule has 0 aliphatic carbocycles. The van der Waals surface area contributed by atoms with Crippen molar-refractivity contribution in [3.63, 3.8) is 0 Å². The fourth-order valence-corrected chi connectivity index (χ4v) is 3.63. The van der Waals surface area contributed by atoms with Crippen LogP contribution in [-0.2, 0) is 16.0 Å². The van der Waals surface area contributed by atoms with Crippen LogP contribution in [0, 0.1) is 5.41 Å². The summed E-state index contributed by atoms with van der Waals surface area (Å²) in [7, 11) is 1.74. The molecule has 2 heterocycles. The van der Waals surface area contributed by atoms with Crippen molar-refractivity contribution in [1.29, 1.82) is 0 Å². The van der Waals surface area contributed by atoms with Gasteiger partial charge in [-0.2, -0.15) is 0 Å². The Morgan fingerprint density at radius 3 is 2.88 bits per heavy atom. The number of carbonyl (C=O) groups excluding carboxylic acids is 1. The number of para-hydroxylation sites is 1. The van der Waals surface area contributed by atoms with Gasteiger partial charge in [-0.05, 0) is 50.0 Å². The standard InChI is InChI=1S/C20H27N3O2/c1-25-15-20(9-12-21-13-10-20)14-23-19(24)7-6-16-8-11-22-18-5-3-2-4-17(16)18/h2-5,8,11,21H,6-7,9-10,12-15H2,1H3,(H,23,24). The number of benzene rings is 1. The number of hydrogen-bond acceptors (Lipinski definition) is 4. The molecule has 1 fully saturated rings. The summed E-state index contributed by atoms with van der Waals surface area (Å²) in [4.78, 5) is 16.7. The number of pyridine rings is 1. The predicted octanol–water partition coefficient (Wildman–Crippen LogP) is 2.30. The zero-order chi connectivity index (χ0) is 17.5. The van der Waals surface area contributed by atoms with Gasteiger partial charge in [-0.1, -0.05) is 18.2 Å². The van der Waals surface area contributed by atoms with Crippen LogP contribution in [0.1, 0.15) is 24.8 Å². The number of piperidine rings is 1. The number of nitrogens with zero attached hydrogens (tertiary/aromatic N) is 1. The summed E-state index contributed by atoms with van der Waals surface area (Å²) >= 11 is 0. The molecule has 1 amide bonds. The highest BCUT2D eigenvalue weighted by Crippen LogP contribution is 2.28. The van der Waals surface area contributed by atoms with Gasteiger partial charge < -0.3 is 15.4 Å². The molecule has 2 aromatic rings. The average Bonchev–Trinajstić information content (AvgIpc) is 2.66. The number of nitrogens with one attached hydrogen (secondary N) is 2. The van der Waals surface area contributed by atoms with Crippen LogP contribution in [0.25, 0.3) is 10.9 Å². The van der Waals surface area contributed by atoms with Crippen molar-refractivity contribution < 1.29 is 9.53 Å². The molecule has 5 heteroatoms. The van der Waals surface area contributed by atoms with Crippen LogP contribution in [0.4, 0.5) is 0 Å². The molecule has 1 aromatic heterocycles. The van der Waals surface area contributed by atoms with Crippen LogP contribution in [0.2, 0.25) is 0 Å². The lowest BCUT2D eigenvalue weighted by molar-refractivity contribution is -0.122. The fraction of sp³-hybridized carbons (Fsp3) is 0.500. The highest BCUT2D eigenvalue weighted by Gasteiger charge is 2.32.